The normalized spacial score (nSPS) is 11.9. The predicted molar refractivity (Wildman–Crippen MR) is 181 cm³/mol. The van der Waals surface area contributed by atoms with Crippen LogP contribution >= 0.6 is 23.2 Å². The fourth-order valence-corrected chi connectivity index (χ4v) is 6.84. The average molecular weight is 667 g/mol. The molecule has 0 fully saturated rings. The summed E-state index contributed by atoms with van der Waals surface area (Å²) in [4.78, 5) is 29.8. The van der Waals surface area contributed by atoms with Gasteiger partial charge < -0.3 is 10.2 Å². The number of hydrogen-bond donors (Lipinski definition) is 1. The van der Waals surface area contributed by atoms with E-state index < -0.39 is 28.5 Å². The molecule has 0 aliphatic heterocycles. The second-order valence-corrected chi connectivity index (χ2v) is 13.6. The van der Waals surface area contributed by atoms with Crippen molar-refractivity contribution in [1.82, 2.24) is 10.2 Å². The van der Waals surface area contributed by atoms with Gasteiger partial charge in [-0.2, -0.15) is 0 Å². The Labute approximate surface area is 275 Å². The third-order valence-electron chi connectivity index (χ3n) is 7.26. The molecule has 0 saturated carbocycles. The molecule has 0 bridgehead atoms. The maximum absolute atomic E-state index is 14.5. The van der Waals surface area contributed by atoms with Gasteiger partial charge in [-0.15, -0.1) is 0 Å². The quantitative estimate of drug-likeness (QED) is 0.167. The van der Waals surface area contributed by atoms with E-state index in [9.17, 15) is 18.0 Å². The molecule has 0 saturated heterocycles. The summed E-state index contributed by atoms with van der Waals surface area (Å²) in [6, 6.07) is 26.9. The summed E-state index contributed by atoms with van der Waals surface area (Å²) in [5.74, 6) is -0.884. The summed E-state index contributed by atoms with van der Waals surface area (Å²) in [6.45, 7) is 5.58. The molecule has 0 radical (unpaired) electrons. The van der Waals surface area contributed by atoms with Crippen LogP contribution in [0.3, 0.4) is 0 Å². The highest BCUT2D eigenvalue weighted by molar-refractivity contribution is 7.92. The second-order valence-electron chi connectivity index (χ2n) is 10.9. The van der Waals surface area contributed by atoms with Gasteiger partial charge >= 0.3 is 0 Å². The molecule has 236 valence electrons. The third kappa shape index (κ3) is 8.87. The number of nitrogens with zero attached hydrogens (tertiary/aromatic N) is 2. The lowest BCUT2D eigenvalue weighted by Crippen LogP contribution is -2.53. The van der Waals surface area contributed by atoms with Crippen molar-refractivity contribution in [2.24, 2.45) is 0 Å². The molecule has 0 aliphatic rings. The van der Waals surface area contributed by atoms with E-state index in [-0.39, 0.29) is 23.8 Å². The molecule has 0 spiro atoms. The number of carbonyl (C=O) groups excluding carboxylic acids is 2. The first-order valence-corrected chi connectivity index (χ1v) is 16.9. The zero-order chi connectivity index (χ0) is 32.6. The van der Waals surface area contributed by atoms with E-state index in [0.29, 0.717) is 34.3 Å². The molecule has 10 heteroatoms. The summed E-state index contributed by atoms with van der Waals surface area (Å²) >= 11 is 12.5. The van der Waals surface area contributed by atoms with E-state index in [2.05, 4.69) is 5.32 Å². The molecule has 4 rings (SSSR count). The van der Waals surface area contributed by atoms with Crippen LogP contribution in [-0.2, 0) is 32.6 Å². The Hall–Kier alpha value is -3.85. The lowest BCUT2D eigenvalue weighted by Gasteiger charge is -2.34. The number of benzene rings is 4. The van der Waals surface area contributed by atoms with E-state index in [0.717, 1.165) is 21.0 Å². The van der Waals surface area contributed by atoms with E-state index in [1.165, 1.54) is 17.0 Å². The fraction of sp³-hybridized carbons (Fsp3) is 0.257. The highest BCUT2D eigenvalue weighted by Crippen LogP contribution is 2.28. The number of carbonyl (C=O) groups is 2. The molecular formula is C35H37Cl2N3O4S. The summed E-state index contributed by atoms with van der Waals surface area (Å²) in [6.07, 6.45) is 0.929. The number of hydrogen-bond acceptors (Lipinski definition) is 4. The van der Waals surface area contributed by atoms with Gasteiger partial charge in [0.2, 0.25) is 11.8 Å². The van der Waals surface area contributed by atoms with Crippen LogP contribution < -0.4 is 9.62 Å². The molecule has 7 nitrogen and oxygen atoms in total. The van der Waals surface area contributed by atoms with Gasteiger partial charge in [0.05, 0.1) is 20.6 Å². The van der Waals surface area contributed by atoms with E-state index >= 15 is 0 Å². The van der Waals surface area contributed by atoms with Crippen molar-refractivity contribution in [3.05, 3.63) is 129 Å². The average Bonchev–Trinajstić information content (AvgIpc) is 3.02. The molecule has 4 aromatic carbocycles. The molecule has 1 atom stereocenters. The Balaban J connectivity index is 1.82. The fourth-order valence-electron chi connectivity index (χ4n) is 5.10. The lowest BCUT2D eigenvalue weighted by molar-refractivity contribution is -0.140. The smallest absolute Gasteiger partial charge is 0.264 e. The third-order valence-corrected chi connectivity index (χ3v) is 9.79. The SMILES string of the molecule is CCCNC(=O)[C@@H](Cc1ccccc1)N(Cc1ccc(Cl)c(Cl)c1)C(=O)CN(c1cc(C)cc(C)c1)S(=O)(=O)c1ccccc1. The number of halogens is 2. The minimum Gasteiger partial charge on any atom is -0.354 e. The highest BCUT2D eigenvalue weighted by Gasteiger charge is 2.34. The van der Waals surface area contributed by atoms with Crippen LogP contribution in [0.1, 0.15) is 35.6 Å². The van der Waals surface area contributed by atoms with Gasteiger partial charge in [-0.05, 0) is 78.9 Å². The zero-order valence-electron chi connectivity index (χ0n) is 25.5. The second kappa shape index (κ2) is 15.4. The standard InChI is InChI=1S/C35H37Cl2N3O4S/c1-4-17-38-35(42)33(22-27-11-7-5-8-12-27)39(23-28-15-16-31(36)32(37)21-28)34(41)24-40(29-19-25(2)18-26(3)20-29)45(43,44)30-13-9-6-10-14-30/h5-16,18-21,33H,4,17,22-24H2,1-3H3,(H,38,42)/t33-/m1/s1. The lowest BCUT2D eigenvalue weighted by atomic mass is 10.0. The monoisotopic (exact) mass is 665 g/mol. The topological polar surface area (TPSA) is 86.8 Å². The summed E-state index contributed by atoms with van der Waals surface area (Å²) in [7, 11) is -4.17. The first kappa shape index (κ1) is 34.0. The van der Waals surface area contributed by atoms with Crippen LogP contribution in [-0.4, -0.2) is 44.3 Å². The van der Waals surface area contributed by atoms with Crippen molar-refractivity contribution < 1.29 is 18.0 Å². The Morgan fingerprint density at radius 2 is 1.42 bits per heavy atom. The van der Waals surface area contributed by atoms with Crippen molar-refractivity contribution in [3.63, 3.8) is 0 Å². The van der Waals surface area contributed by atoms with Crippen molar-refractivity contribution in [2.75, 3.05) is 17.4 Å². The van der Waals surface area contributed by atoms with Crippen molar-refractivity contribution >= 4 is 50.7 Å². The van der Waals surface area contributed by atoms with E-state index in [1.807, 2.05) is 57.2 Å². The van der Waals surface area contributed by atoms with Gasteiger partial charge in [-0.1, -0.05) is 90.8 Å². The summed E-state index contributed by atoms with van der Waals surface area (Å²) in [5, 5.41) is 3.60. The minimum atomic E-state index is -4.17. The van der Waals surface area contributed by atoms with Crippen molar-refractivity contribution in [1.29, 1.82) is 0 Å². The van der Waals surface area contributed by atoms with Crippen LogP contribution in [0.2, 0.25) is 10.0 Å². The van der Waals surface area contributed by atoms with E-state index in [4.69, 9.17) is 23.2 Å². The Morgan fingerprint density at radius 3 is 2.02 bits per heavy atom. The van der Waals surface area contributed by atoms with Crippen LogP contribution in [0.25, 0.3) is 0 Å². The molecule has 0 aliphatic carbocycles. The highest BCUT2D eigenvalue weighted by atomic mass is 35.5. The molecule has 45 heavy (non-hydrogen) atoms. The number of amides is 2. The number of nitrogens with one attached hydrogen (secondary N) is 1. The van der Waals surface area contributed by atoms with Gasteiger partial charge in [-0.25, -0.2) is 8.42 Å². The Morgan fingerprint density at radius 1 is 0.800 bits per heavy atom. The van der Waals surface area contributed by atoms with Crippen LogP contribution in [0, 0.1) is 13.8 Å². The maximum atomic E-state index is 14.5. The molecule has 0 unspecified atom stereocenters. The first-order chi connectivity index (χ1) is 21.5. The van der Waals surface area contributed by atoms with Crippen molar-refractivity contribution in [3.8, 4) is 0 Å². The van der Waals surface area contributed by atoms with E-state index in [1.54, 1.807) is 48.5 Å². The van der Waals surface area contributed by atoms with Gasteiger partial charge in [0, 0.05) is 19.5 Å². The summed E-state index contributed by atoms with van der Waals surface area (Å²) in [5.41, 5.74) is 3.54. The Bertz CT molecular complexity index is 1710. The molecule has 4 aromatic rings. The van der Waals surface area contributed by atoms with Crippen LogP contribution in [0.5, 0.6) is 0 Å². The minimum absolute atomic E-state index is 0.00115. The largest absolute Gasteiger partial charge is 0.354 e. The summed E-state index contributed by atoms with van der Waals surface area (Å²) < 4.78 is 29.4. The van der Waals surface area contributed by atoms with Gasteiger partial charge in [0.25, 0.3) is 10.0 Å². The van der Waals surface area contributed by atoms with Crippen molar-refractivity contribution in [2.45, 2.75) is 51.1 Å². The van der Waals surface area contributed by atoms with Gasteiger partial charge in [0.1, 0.15) is 12.6 Å². The molecule has 0 aromatic heterocycles. The van der Waals surface area contributed by atoms with Gasteiger partial charge in [0.15, 0.2) is 0 Å². The molecule has 0 heterocycles. The number of aryl methyl sites for hydroxylation is 2. The van der Waals surface area contributed by atoms with Crippen LogP contribution in [0.15, 0.2) is 102 Å². The molecule has 2 amide bonds. The van der Waals surface area contributed by atoms with Crippen LogP contribution in [0.4, 0.5) is 5.69 Å². The Kier molecular flexibility index (Phi) is 11.7. The number of sulfonamides is 1. The molecular weight excluding hydrogens is 629 g/mol. The predicted octanol–water partition coefficient (Wildman–Crippen LogP) is 6.97. The number of anilines is 1. The number of rotatable bonds is 13. The maximum Gasteiger partial charge on any atom is 0.264 e. The zero-order valence-corrected chi connectivity index (χ0v) is 27.9. The molecule has 1 N–H and O–H groups in total. The van der Waals surface area contributed by atoms with Gasteiger partial charge in [-0.3, -0.25) is 13.9 Å². The first-order valence-electron chi connectivity index (χ1n) is 14.7.